The molecule has 2 rings (SSSR count). The monoisotopic (exact) mass is 302 g/mol. The van der Waals surface area contributed by atoms with Gasteiger partial charge >= 0.3 is 18.3 Å². The summed E-state index contributed by atoms with van der Waals surface area (Å²) in [5.41, 5.74) is 0. The summed E-state index contributed by atoms with van der Waals surface area (Å²) in [4.78, 5) is 0. The highest BCUT2D eigenvalue weighted by Crippen LogP contribution is 2.57. The lowest BCUT2D eigenvalue weighted by Gasteiger charge is -2.33. The van der Waals surface area contributed by atoms with E-state index in [2.05, 4.69) is 13.8 Å². The van der Waals surface area contributed by atoms with Crippen LogP contribution in [0.4, 0.5) is 26.3 Å². The third kappa shape index (κ3) is 2.43. The van der Waals surface area contributed by atoms with Gasteiger partial charge in [0.25, 0.3) is 0 Å². The van der Waals surface area contributed by atoms with Crippen molar-refractivity contribution in [3.63, 3.8) is 0 Å². The summed E-state index contributed by atoms with van der Waals surface area (Å²) in [6.07, 6.45) is -3.83. The first kappa shape index (κ1) is 16.0. The molecular formula is C14H20F6. The van der Waals surface area contributed by atoms with Gasteiger partial charge in [-0.2, -0.15) is 17.6 Å². The largest absolute Gasteiger partial charge is 0.369 e. The Kier molecular flexibility index (Phi) is 4.06. The molecule has 0 aromatic heterocycles. The average molecular weight is 302 g/mol. The number of hydrogen-bond donors (Lipinski definition) is 0. The van der Waals surface area contributed by atoms with Crippen LogP contribution in [0.1, 0.15) is 39.5 Å². The number of rotatable bonds is 5. The van der Waals surface area contributed by atoms with Crippen LogP contribution >= 0.6 is 0 Å². The van der Waals surface area contributed by atoms with Gasteiger partial charge in [0.05, 0.1) is 0 Å². The van der Waals surface area contributed by atoms with Crippen LogP contribution in [0.5, 0.6) is 0 Å². The zero-order valence-corrected chi connectivity index (χ0v) is 11.6. The van der Waals surface area contributed by atoms with Crippen molar-refractivity contribution in [3.8, 4) is 0 Å². The van der Waals surface area contributed by atoms with Crippen molar-refractivity contribution in [3.05, 3.63) is 0 Å². The third-order valence-electron chi connectivity index (χ3n) is 5.63. The second kappa shape index (κ2) is 5.09. The van der Waals surface area contributed by atoms with Crippen LogP contribution in [0.2, 0.25) is 0 Å². The van der Waals surface area contributed by atoms with E-state index in [0.29, 0.717) is 17.8 Å². The molecule has 0 aromatic rings. The van der Waals surface area contributed by atoms with E-state index < -0.39 is 24.7 Å². The standard InChI is InChI=1S/C14H20F6/c1-7-8(2)11-6-10(7)5-9(11)3-4-13(17,18)14(19,20)12(15)16/h7-12H,3-6H2,1-2H3. The van der Waals surface area contributed by atoms with Crippen molar-refractivity contribution >= 4 is 0 Å². The van der Waals surface area contributed by atoms with Gasteiger partial charge in [-0.3, -0.25) is 0 Å². The van der Waals surface area contributed by atoms with Crippen LogP contribution in [0.25, 0.3) is 0 Å². The lowest BCUT2D eigenvalue weighted by molar-refractivity contribution is -0.267. The van der Waals surface area contributed by atoms with E-state index in [9.17, 15) is 26.3 Å². The Morgan fingerprint density at radius 2 is 1.60 bits per heavy atom. The van der Waals surface area contributed by atoms with E-state index in [4.69, 9.17) is 0 Å². The van der Waals surface area contributed by atoms with Gasteiger partial charge in [-0.15, -0.1) is 0 Å². The lowest BCUT2D eigenvalue weighted by atomic mass is 9.74. The van der Waals surface area contributed by atoms with Crippen molar-refractivity contribution < 1.29 is 26.3 Å². The lowest BCUT2D eigenvalue weighted by Crippen LogP contribution is -2.46. The number of hydrogen-bond acceptors (Lipinski definition) is 0. The van der Waals surface area contributed by atoms with Gasteiger partial charge in [0.2, 0.25) is 0 Å². The fourth-order valence-electron chi connectivity index (χ4n) is 4.12. The highest BCUT2D eigenvalue weighted by Gasteiger charge is 2.62. The summed E-state index contributed by atoms with van der Waals surface area (Å²) in [6.45, 7) is 4.19. The summed E-state index contributed by atoms with van der Waals surface area (Å²) in [6, 6.07) is 0. The summed E-state index contributed by atoms with van der Waals surface area (Å²) in [7, 11) is 0. The van der Waals surface area contributed by atoms with Gasteiger partial charge in [-0.05, 0) is 48.9 Å². The third-order valence-corrected chi connectivity index (χ3v) is 5.63. The molecule has 2 bridgehead atoms. The van der Waals surface area contributed by atoms with Crippen molar-refractivity contribution in [2.45, 2.75) is 57.8 Å². The Bertz CT molecular complexity index is 352. The van der Waals surface area contributed by atoms with Gasteiger partial charge in [0.1, 0.15) is 0 Å². The molecule has 0 aliphatic heterocycles. The molecule has 0 aromatic carbocycles. The number of halogens is 6. The smallest absolute Gasteiger partial charge is 0.203 e. The van der Waals surface area contributed by atoms with E-state index in [1.54, 1.807) is 0 Å². The Labute approximate surface area is 114 Å². The molecule has 6 heteroatoms. The van der Waals surface area contributed by atoms with Crippen LogP contribution in [0.15, 0.2) is 0 Å². The molecule has 0 radical (unpaired) electrons. The van der Waals surface area contributed by atoms with Crippen LogP contribution in [-0.2, 0) is 0 Å². The molecule has 0 N–H and O–H groups in total. The van der Waals surface area contributed by atoms with E-state index in [-0.39, 0.29) is 18.3 Å². The molecule has 0 saturated heterocycles. The SMILES string of the molecule is CC1C2CC(CCC(F)(F)C(F)(F)C(F)F)C(C2)C1C. The quantitative estimate of drug-likeness (QED) is 0.610. The Morgan fingerprint density at radius 1 is 1.00 bits per heavy atom. The van der Waals surface area contributed by atoms with Crippen molar-refractivity contribution in [1.82, 2.24) is 0 Å². The number of alkyl halides is 6. The maximum absolute atomic E-state index is 13.3. The highest BCUT2D eigenvalue weighted by atomic mass is 19.3. The van der Waals surface area contributed by atoms with Gasteiger partial charge in [0, 0.05) is 6.42 Å². The predicted molar refractivity (Wildman–Crippen MR) is 63.2 cm³/mol. The predicted octanol–water partition coefficient (Wildman–Crippen LogP) is 5.23. The van der Waals surface area contributed by atoms with Crippen LogP contribution < -0.4 is 0 Å². The molecule has 5 atom stereocenters. The van der Waals surface area contributed by atoms with Crippen LogP contribution in [-0.4, -0.2) is 18.3 Å². The van der Waals surface area contributed by atoms with Gasteiger partial charge in [-0.25, -0.2) is 8.78 Å². The normalized spacial score (nSPS) is 38.0. The molecule has 20 heavy (non-hydrogen) atoms. The molecule has 0 amide bonds. The van der Waals surface area contributed by atoms with Crippen molar-refractivity contribution in [1.29, 1.82) is 0 Å². The second-order valence-electron chi connectivity index (χ2n) is 6.54. The summed E-state index contributed by atoms with van der Waals surface area (Å²) in [5, 5.41) is 0. The minimum absolute atomic E-state index is 0.0226. The van der Waals surface area contributed by atoms with Gasteiger partial charge in [-0.1, -0.05) is 13.8 Å². The Balaban J connectivity index is 1.94. The second-order valence-corrected chi connectivity index (χ2v) is 6.54. The van der Waals surface area contributed by atoms with Gasteiger partial charge < -0.3 is 0 Å². The average Bonchev–Trinajstić information content (AvgIpc) is 2.87. The molecule has 0 spiro atoms. The molecule has 0 heterocycles. The zero-order valence-electron chi connectivity index (χ0n) is 11.6. The minimum Gasteiger partial charge on any atom is -0.203 e. The topological polar surface area (TPSA) is 0 Å². The molecular weight excluding hydrogens is 282 g/mol. The molecule has 0 nitrogen and oxygen atoms in total. The summed E-state index contributed by atoms with van der Waals surface area (Å²) >= 11 is 0. The molecule has 5 unspecified atom stereocenters. The van der Waals surface area contributed by atoms with Crippen LogP contribution in [0, 0.1) is 29.6 Å². The summed E-state index contributed by atoms with van der Waals surface area (Å²) in [5.74, 6) is -8.18. The maximum atomic E-state index is 13.3. The van der Waals surface area contributed by atoms with E-state index >= 15 is 0 Å². The fourth-order valence-corrected chi connectivity index (χ4v) is 4.12. The Hall–Kier alpha value is -0.420. The molecule has 2 saturated carbocycles. The van der Waals surface area contributed by atoms with E-state index in [0.717, 1.165) is 12.8 Å². The highest BCUT2D eigenvalue weighted by molar-refractivity contribution is 4.98. The van der Waals surface area contributed by atoms with Crippen molar-refractivity contribution in [2.75, 3.05) is 0 Å². The molecule has 2 fully saturated rings. The number of fused-ring (bicyclic) bond motifs is 2. The van der Waals surface area contributed by atoms with Crippen LogP contribution in [0.3, 0.4) is 0 Å². The first-order valence-corrected chi connectivity index (χ1v) is 7.11. The molecule has 2 aliphatic rings. The van der Waals surface area contributed by atoms with E-state index in [1.807, 2.05) is 0 Å². The molecule has 118 valence electrons. The van der Waals surface area contributed by atoms with E-state index in [1.165, 1.54) is 0 Å². The van der Waals surface area contributed by atoms with Gasteiger partial charge in [0.15, 0.2) is 0 Å². The fraction of sp³-hybridized carbons (Fsp3) is 1.00. The first-order valence-electron chi connectivity index (χ1n) is 7.11. The Morgan fingerprint density at radius 3 is 2.05 bits per heavy atom. The first-order chi connectivity index (χ1) is 9.08. The molecule has 2 aliphatic carbocycles. The van der Waals surface area contributed by atoms with Crippen molar-refractivity contribution in [2.24, 2.45) is 29.6 Å². The maximum Gasteiger partial charge on any atom is 0.369 e. The zero-order chi connectivity index (χ0) is 15.3. The minimum atomic E-state index is -5.23. The summed E-state index contributed by atoms with van der Waals surface area (Å²) < 4.78 is 76.3.